The SMILES string of the molecule is CCOC(=O)c1ncn2c1C(C)N=C(c1ccccn1)c1cc(Br)ccc1-2. The lowest BCUT2D eigenvalue weighted by Crippen LogP contribution is -2.11. The van der Waals surface area contributed by atoms with Gasteiger partial charge in [-0.2, -0.15) is 0 Å². The van der Waals surface area contributed by atoms with Gasteiger partial charge in [0.25, 0.3) is 0 Å². The van der Waals surface area contributed by atoms with Gasteiger partial charge in [-0.3, -0.25) is 14.5 Å². The Bertz CT molecular complexity index is 1040. The van der Waals surface area contributed by atoms with Crippen LogP contribution in [0.2, 0.25) is 0 Å². The monoisotopic (exact) mass is 424 g/mol. The Labute approximate surface area is 165 Å². The number of nitrogens with zero attached hydrogens (tertiary/aromatic N) is 4. The average molecular weight is 425 g/mol. The highest BCUT2D eigenvalue weighted by atomic mass is 79.9. The number of halogens is 1. The minimum Gasteiger partial charge on any atom is -0.461 e. The molecule has 4 rings (SSSR count). The standard InChI is InChI=1S/C20H17BrN4O2/c1-3-27-20(26)18-19-12(2)24-17(15-6-4-5-9-22-15)14-10-13(21)7-8-16(14)25(19)11-23-18/h4-12H,3H2,1-2H3. The lowest BCUT2D eigenvalue weighted by Gasteiger charge is -2.12. The number of benzene rings is 1. The summed E-state index contributed by atoms with van der Waals surface area (Å²) in [6.07, 6.45) is 3.40. The molecule has 0 amide bonds. The number of fused-ring (bicyclic) bond motifs is 3. The fourth-order valence-electron chi connectivity index (χ4n) is 3.25. The zero-order valence-electron chi connectivity index (χ0n) is 14.9. The van der Waals surface area contributed by atoms with Crippen molar-refractivity contribution in [3.8, 4) is 5.69 Å². The van der Waals surface area contributed by atoms with Gasteiger partial charge in [0.1, 0.15) is 6.33 Å². The maximum absolute atomic E-state index is 12.4. The summed E-state index contributed by atoms with van der Waals surface area (Å²) in [5.74, 6) is -0.437. The third-order valence-corrected chi connectivity index (χ3v) is 4.87. The number of pyridine rings is 1. The van der Waals surface area contributed by atoms with E-state index in [1.807, 2.05) is 47.9 Å². The Hall–Kier alpha value is -2.80. The highest BCUT2D eigenvalue weighted by molar-refractivity contribution is 9.10. The zero-order valence-corrected chi connectivity index (χ0v) is 16.5. The van der Waals surface area contributed by atoms with Crippen LogP contribution in [0.1, 0.15) is 47.3 Å². The highest BCUT2D eigenvalue weighted by Gasteiger charge is 2.29. The number of esters is 1. The van der Waals surface area contributed by atoms with Gasteiger partial charge < -0.3 is 4.74 Å². The molecule has 1 aliphatic rings. The molecule has 6 nitrogen and oxygen atoms in total. The first-order valence-corrected chi connectivity index (χ1v) is 9.43. The quantitative estimate of drug-likeness (QED) is 0.592. The topological polar surface area (TPSA) is 69.4 Å². The Morgan fingerprint density at radius 2 is 2.11 bits per heavy atom. The van der Waals surface area contributed by atoms with Crippen molar-refractivity contribution in [2.45, 2.75) is 19.9 Å². The van der Waals surface area contributed by atoms with E-state index in [1.54, 1.807) is 19.4 Å². The molecule has 0 bridgehead atoms. The highest BCUT2D eigenvalue weighted by Crippen LogP contribution is 2.33. The summed E-state index contributed by atoms with van der Waals surface area (Å²) >= 11 is 3.55. The molecular formula is C20H17BrN4O2. The minimum absolute atomic E-state index is 0.296. The number of ether oxygens (including phenoxy) is 1. The normalized spacial score (nSPS) is 15.4. The van der Waals surface area contributed by atoms with Crippen LogP contribution in [0, 0.1) is 0 Å². The van der Waals surface area contributed by atoms with Crippen molar-refractivity contribution in [2.75, 3.05) is 6.61 Å². The van der Waals surface area contributed by atoms with Crippen molar-refractivity contribution in [3.63, 3.8) is 0 Å². The van der Waals surface area contributed by atoms with Crippen molar-refractivity contribution in [1.29, 1.82) is 0 Å². The second-order valence-electron chi connectivity index (χ2n) is 6.10. The molecule has 3 heterocycles. The number of rotatable bonds is 3. The lowest BCUT2D eigenvalue weighted by molar-refractivity contribution is 0.0518. The molecule has 1 unspecified atom stereocenters. The molecule has 27 heavy (non-hydrogen) atoms. The summed E-state index contributed by atoms with van der Waals surface area (Å²) in [6, 6.07) is 11.4. The molecule has 0 spiro atoms. The molecule has 1 atom stereocenters. The number of hydrogen-bond acceptors (Lipinski definition) is 5. The van der Waals surface area contributed by atoms with E-state index in [0.717, 1.165) is 27.1 Å². The Kier molecular flexibility index (Phi) is 4.61. The van der Waals surface area contributed by atoms with Gasteiger partial charge in [-0.05, 0) is 44.2 Å². The zero-order chi connectivity index (χ0) is 19.0. The van der Waals surface area contributed by atoms with Crippen LogP contribution in [-0.4, -0.2) is 32.8 Å². The number of imidazole rings is 1. The minimum atomic E-state index is -0.437. The first-order valence-electron chi connectivity index (χ1n) is 8.64. The third-order valence-electron chi connectivity index (χ3n) is 4.37. The van der Waals surface area contributed by atoms with Crippen LogP contribution >= 0.6 is 15.9 Å². The second kappa shape index (κ2) is 7.08. The summed E-state index contributed by atoms with van der Waals surface area (Å²) in [6.45, 7) is 4.02. The largest absolute Gasteiger partial charge is 0.461 e. The van der Waals surface area contributed by atoms with Gasteiger partial charge in [0.05, 0.1) is 35.4 Å². The molecular weight excluding hydrogens is 408 g/mol. The van der Waals surface area contributed by atoms with Crippen molar-refractivity contribution in [3.05, 3.63) is 76.0 Å². The summed E-state index contributed by atoms with van der Waals surface area (Å²) in [5, 5.41) is 0. The molecule has 3 aromatic rings. The van der Waals surface area contributed by atoms with E-state index in [1.165, 1.54) is 0 Å². The van der Waals surface area contributed by atoms with E-state index in [-0.39, 0.29) is 6.04 Å². The predicted octanol–water partition coefficient (Wildman–Crippen LogP) is 4.12. The van der Waals surface area contributed by atoms with Gasteiger partial charge in [0.2, 0.25) is 0 Å². The van der Waals surface area contributed by atoms with E-state index in [4.69, 9.17) is 9.73 Å². The Balaban J connectivity index is 1.98. The predicted molar refractivity (Wildman–Crippen MR) is 106 cm³/mol. The lowest BCUT2D eigenvalue weighted by atomic mass is 10.0. The molecule has 0 N–H and O–H groups in total. The van der Waals surface area contributed by atoms with Crippen LogP contribution in [0.3, 0.4) is 0 Å². The number of hydrogen-bond donors (Lipinski definition) is 0. The van der Waals surface area contributed by atoms with E-state index < -0.39 is 5.97 Å². The van der Waals surface area contributed by atoms with Crippen LogP contribution in [-0.2, 0) is 4.74 Å². The first kappa shape index (κ1) is 17.6. The second-order valence-corrected chi connectivity index (χ2v) is 7.01. The van der Waals surface area contributed by atoms with Crippen molar-refractivity contribution < 1.29 is 9.53 Å². The molecule has 1 aliphatic heterocycles. The fourth-order valence-corrected chi connectivity index (χ4v) is 3.61. The van der Waals surface area contributed by atoms with Gasteiger partial charge in [-0.25, -0.2) is 9.78 Å². The molecule has 0 aliphatic carbocycles. The van der Waals surface area contributed by atoms with Gasteiger partial charge >= 0.3 is 5.97 Å². The Morgan fingerprint density at radius 1 is 1.26 bits per heavy atom. The average Bonchev–Trinajstić information content (AvgIpc) is 3.07. The van der Waals surface area contributed by atoms with Crippen LogP contribution in [0.5, 0.6) is 0 Å². The molecule has 0 saturated heterocycles. The van der Waals surface area contributed by atoms with E-state index >= 15 is 0 Å². The molecule has 0 saturated carbocycles. The van der Waals surface area contributed by atoms with Crippen molar-refractivity contribution in [2.24, 2.45) is 4.99 Å². The number of aromatic nitrogens is 3. The van der Waals surface area contributed by atoms with Crippen LogP contribution in [0.4, 0.5) is 0 Å². The molecule has 2 aromatic heterocycles. The van der Waals surface area contributed by atoms with E-state index in [9.17, 15) is 4.79 Å². The van der Waals surface area contributed by atoms with Gasteiger partial charge in [0.15, 0.2) is 5.69 Å². The molecule has 136 valence electrons. The van der Waals surface area contributed by atoms with E-state index in [2.05, 4.69) is 25.9 Å². The van der Waals surface area contributed by atoms with Crippen molar-refractivity contribution >= 4 is 27.6 Å². The fraction of sp³-hybridized carbons (Fsp3) is 0.200. The smallest absolute Gasteiger partial charge is 0.358 e. The van der Waals surface area contributed by atoms with Gasteiger partial charge in [-0.15, -0.1) is 0 Å². The van der Waals surface area contributed by atoms with Crippen LogP contribution in [0.25, 0.3) is 5.69 Å². The molecule has 0 fully saturated rings. The van der Waals surface area contributed by atoms with Crippen LogP contribution < -0.4 is 0 Å². The Morgan fingerprint density at radius 3 is 2.85 bits per heavy atom. The number of carbonyl (C=O) groups excluding carboxylic acids is 1. The third kappa shape index (κ3) is 3.08. The number of aliphatic imine (C=N–C) groups is 1. The summed E-state index contributed by atoms with van der Waals surface area (Å²) in [5.41, 5.74) is 4.37. The first-order chi connectivity index (χ1) is 13.1. The summed E-state index contributed by atoms with van der Waals surface area (Å²) < 4.78 is 8.03. The van der Waals surface area contributed by atoms with Crippen LogP contribution in [0.15, 0.2) is 58.4 Å². The van der Waals surface area contributed by atoms with Gasteiger partial charge in [-0.1, -0.05) is 22.0 Å². The number of carbonyl (C=O) groups is 1. The van der Waals surface area contributed by atoms with Gasteiger partial charge in [0, 0.05) is 16.2 Å². The molecule has 1 aromatic carbocycles. The summed E-state index contributed by atoms with van der Waals surface area (Å²) in [7, 11) is 0. The van der Waals surface area contributed by atoms with E-state index in [0.29, 0.717) is 18.0 Å². The maximum atomic E-state index is 12.4. The molecule has 7 heteroatoms. The summed E-state index contributed by atoms with van der Waals surface area (Å²) in [4.78, 5) is 26.1. The maximum Gasteiger partial charge on any atom is 0.358 e. The molecule has 0 radical (unpaired) electrons. The van der Waals surface area contributed by atoms with Crippen molar-refractivity contribution in [1.82, 2.24) is 14.5 Å².